The van der Waals surface area contributed by atoms with Gasteiger partial charge in [0.25, 0.3) is 10.0 Å². The van der Waals surface area contributed by atoms with E-state index in [1.54, 1.807) is 22.6 Å². The molecule has 2 atom stereocenters. The summed E-state index contributed by atoms with van der Waals surface area (Å²) in [5, 5.41) is 0.113. The smallest absolute Gasteiger partial charge is 0.260 e. The first kappa shape index (κ1) is 22.1. The van der Waals surface area contributed by atoms with Gasteiger partial charge in [0.15, 0.2) is 5.03 Å². The Hall–Kier alpha value is -2.34. The highest BCUT2D eigenvalue weighted by molar-refractivity contribution is 7.89. The fourth-order valence-corrected chi connectivity index (χ4v) is 6.48. The topological polar surface area (TPSA) is 101 Å². The summed E-state index contributed by atoms with van der Waals surface area (Å²) in [5.74, 6) is 1.80. The predicted molar refractivity (Wildman–Crippen MR) is 124 cm³/mol. The van der Waals surface area contributed by atoms with Crippen molar-refractivity contribution in [3.8, 4) is 5.88 Å². The number of aromatic nitrogens is 3. The van der Waals surface area contributed by atoms with Crippen molar-refractivity contribution in [3.63, 3.8) is 0 Å². The zero-order chi connectivity index (χ0) is 23.1. The van der Waals surface area contributed by atoms with E-state index in [1.807, 2.05) is 12.3 Å². The molecule has 3 saturated heterocycles. The minimum atomic E-state index is -3.67. The lowest BCUT2D eigenvalue weighted by Gasteiger charge is -2.36. The number of rotatable bonds is 6. The highest BCUT2D eigenvalue weighted by Crippen LogP contribution is 2.38. The van der Waals surface area contributed by atoms with E-state index in [1.165, 1.54) is 12.8 Å². The first-order valence-electron chi connectivity index (χ1n) is 12.1. The lowest BCUT2D eigenvalue weighted by atomic mass is 10.2. The van der Waals surface area contributed by atoms with Crippen LogP contribution in [0.5, 0.6) is 5.88 Å². The second kappa shape index (κ2) is 9.03. The number of anilines is 1. The molecule has 1 saturated carbocycles. The Morgan fingerprint density at radius 1 is 1.00 bits per heavy atom. The summed E-state index contributed by atoms with van der Waals surface area (Å²) in [6.45, 7) is 5.03. The molecule has 4 aliphatic rings. The molecule has 5 heterocycles. The van der Waals surface area contributed by atoms with Crippen molar-refractivity contribution in [2.24, 2.45) is 0 Å². The van der Waals surface area contributed by atoms with Gasteiger partial charge in [-0.25, -0.2) is 18.4 Å². The van der Waals surface area contributed by atoms with Crippen LogP contribution in [0.25, 0.3) is 0 Å². The van der Waals surface area contributed by atoms with E-state index in [-0.39, 0.29) is 17.2 Å². The number of ether oxygens (including phenoxy) is 2. The Morgan fingerprint density at radius 3 is 2.62 bits per heavy atom. The van der Waals surface area contributed by atoms with Crippen LogP contribution in [-0.4, -0.2) is 97.2 Å². The number of hydrogen-bond donors (Lipinski definition) is 0. The molecule has 0 unspecified atom stereocenters. The number of pyridine rings is 1. The van der Waals surface area contributed by atoms with Crippen molar-refractivity contribution < 1.29 is 17.9 Å². The minimum absolute atomic E-state index is 0.0171. The van der Waals surface area contributed by atoms with E-state index in [9.17, 15) is 8.42 Å². The van der Waals surface area contributed by atoms with Crippen LogP contribution in [0.2, 0.25) is 0 Å². The molecule has 2 aromatic rings. The van der Waals surface area contributed by atoms with Crippen LogP contribution in [0.3, 0.4) is 0 Å². The summed E-state index contributed by atoms with van der Waals surface area (Å²) in [6, 6.07) is 5.35. The maximum Gasteiger partial charge on any atom is 0.260 e. The van der Waals surface area contributed by atoms with Gasteiger partial charge in [-0.05, 0) is 25.0 Å². The maximum atomic E-state index is 13.4. The summed E-state index contributed by atoms with van der Waals surface area (Å²) in [7, 11) is -3.67. The average molecular weight is 487 g/mol. The second-order valence-electron chi connectivity index (χ2n) is 9.47. The summed E-state index contributed by atoms with van der Waals surface area (Å²) >= 11 is 0. The summed E-state index contributed by atoms with van der Waals surface area (Å²) in [4.78, 5) is 17.8. The van der Waals surface area contributed by atoms with Crippen molar-refractivity contribution in [2.45, 2.75) is 42.4 Å². The molecule has 0 aromatic carbocycles. The number of hydrogen-bond acceptors (Lipinski definition) is 9. The van der Waals surface area contributed by atoms with Crippen LogP contribution < -0.4 is 9.64 Å². The van der Waals surface area contributed by atoms with Gasteiger partial charge in [0.05, 0.1) is 31.3 Å². The second-order valence-corrected chi connectivity index (χ2v) is 11.4. The Kier molecular flexibility index (Phi) is 5.88. The fourth-order valence-electron chi connectivity index (χ4n) is 5.07. The summed E-state index contributed by atoms with van der Waals surface area (Å²) < 4.78 is 39.9. The van der Waals surface area contributed by atoms with E-state index in [0.29, 0.717) is 63.6 Å². The van der Waals surface area contributed by atoms with Gasteiger partial charge in [-0.2, -0.15) is 4.31 Å². The fraction of sp³-hybridized carbons (Fsp3) is 0.609. The molecular formula is C23H30N6O4S. The minimum Gasteiger partial charge on any atom is -0.472 e. The number of piperazine rings is 1. The van der Waals surface area contributed by atoms with Gasteiger partial charge in [0.1, 0.15) is 11.9 Å². The van der Waals surface area contributed by atoms with Gasteiger partial charge in [-0.15, -0.1) is 0 Å². The van der Waals surface area contributed by atoms with Gasteiger partial charge in [0.2, 0.25) is 5.88 Å². The van der Waals surface area contributed by atoms with Crippen molar-refractivity contribution in [2.75, 3.05) is 57.4 Å². The quantitative estimate of drug-likeness (QED) is 0.594. The van der Waals surface area contributed by atoms with Crippen molar-refractivity contribution >= 4 is 15.8 Å². The Labute approximate surface area is 200 Å². The van der Waals surface area contributed by atoms with Gasteiger partial charge >= 0.3 is 0 Å². The van der Waals surface area contributed by atoms with Gasteiger partial charge in [-0.3, -0.25) is 9.88 Å². The van der Waals surface area contributed by atoms with Crippen molar-refractivity contribution in [3.05, 3.63) is 36.3 Å². The van der Waals surface area contributed by atoms with E-state index in [2.05, 4.69) is 24.8 Å². The first-order valence-corrected chi connectivity index (χ1v) is 13.5. The molecule has 2 aromatic heterocycles. The molecule has 0 spiro atoms. The monoisotopic (exact) mass is 486 g/mol. The normalized spacial score (nSPS) is 26.4. The number of fused-ring (bicyclic) bond motifs is 1. The Morgan fingerprint density at radius 2 is 1.85 bits per heavy atom. The Balaban J connectivity index is 1.10. The standard InChI is InChI=1S/C23H30N6O4S/c30-34(31,23-3-1-2-21(26-23)27-8-10-32-11-9-27)29-7-6-28-16-19(12-18(28)15-29)33-22-14-24-20(13-25-22)17-4-5-17/h1-3,13-14,17-19H,4-12,15-16H2/t18-,19-/m0/s1. The highest BCUT2D eigenvalue weighted by atomic mass is 32.2. The predicted octanol–water partition coefficient (Wildman–Crippen LogP) is 1.11. The molecule has 10 nitrogen and oxygen atoms in total. The molecular weight excluding hydrogens is 456 g/mol. The van der Waals surface area contributed by atoms with E-state index in [4.69, 9.17) is 9.47 Å². The SMILES string of the molecule is O=S(=O)(c1cccc(N2CCOCC2)n1)N1CCN2C[C@@H](Oc3cnc(C4CC4)cn3)C[C@H]2C1. The molecule has 182 valence electrons. The van der Waals surface area contributed by atoms with Gasteiger partial charge < -0.3 is 14.4 Å². The molecule has 3 aliphatic heterocycles. The molecule has 34 heavy (non-hydrogen) atoms. The first-order chi connectivity index (χ1) is 16.6. The van der Waals surface area contributed by atoms with Crippen LogP contribution >= 0.6 is 0 Å². The lowest BCUT2D eigenvalue weighted by molar-refractivity contribution is 0.122. The van der Waals surface area contributed by atoms with E-state index in [0.717, 1.165) is 18.7 Å². The van der Waals surface area contributed by atoms with Crippen LogP contribution in [0.4, 0.5) is 5.82 Å². The largest absolute Gasteiger partial charge is 0.472 e. The Bertz CT molecular complexity index is 1120. The van der Waals surface area contributed by atoms with Crippen LogP contribution in [0, 0.1) is 0 Å². The van der Waals surface area contributed by atoms with Crippen LogP contribution in [-0.2, 0) is 14.8 Å². The maximum absolute atomic E-state index is 13.4. The van der Waals surface area contributed by atoms with Gasteiger partial charge in [-0.1, -0.05) is 6.07 Å². The van der Waals surface area contributed by atoms with Gasteiger partial charge in [0, 0.05) is 57.6 Å². The summed E-state index contributed by atoms with van der Waals surface area (Å²) in [6.07, 6.45) is 6.67. The number of sulfonamides is 1. The molecule has 0 N–H and O–H groups in total. The summed E-state index contributed by atoms with van der Waals surface area (Å²) in [5.41, 5.74) is 1.04. The van der Waals surface area contributed by atoms with Crippen LogP contribution in [0.15, 0.2) is 35.6 Å². The van der Waals surface area contributed by atoms with E-state index >= 15 is 0 Å². The number of nitrogens with zero attached hydrogens (tertiary/aromatic N) is 6. The third kappa shape index (κ3) is 4.49. The zero-order valence-electron chi connectivity index (χ0n) is 19.1. The molecule has 1 aliphatic carbocycles. The third-order valence-electron chi connectivity index (χ3n) is 7.12. The van der Waals surface area contributed by atoms with Crippen LogP contribution in [0.1, 0.15) is 30.9 Å². The molecule has 4 fully saturated rings. The van der Waals surface area contributed by atoms with Crippen molar-refractivity contribution in [1.82, 2.24) is 24.2 Å². The highest BCUT2D eigenvalue weighted by Gasteiger charge is 2.41. The van der Waals surface area contributed by atoms with Crippen molar-refractivity contribution in [1.29, 1.82) is 0 Å². The molecule has 0 radical (unpaired) electrons. The number of morpholine rings is 1. The molecule has 6 rings (SSSR count). The average Bonchev–Trinajstić information content (AvgIpc) is 3.64. The molecule has 0 bridgehead atoms. The lowest BCUT2D eigenvalue weighted by Crippen LogP contribution is -2.52. The zero-order valence-corrected chi connectivity index (χ0v) is 19.9. The van der Waals surface area contributed by atoms with E-state index < -0.39 is 10.0 Å². The third-order valence-corrected chi connectivity index (χ3v) is 8.89. The molecule has 11 heteroatoms. The molecule has 0 amide bonds.